The molecule has 5 nitrogen and oxygen atoms in total. The van der Waals surface area contributed by atoms with Gasteiger partial charge in [-0.1, -0.05) is 24.3 Å². The second-order valence-corrected chi connectivity index (χ2v) is 7.10. The zero-order chi connectivity index (χ0) is 17.4. The number of fused-ring (bicyclic) bond motifs is 1. The van der Waals surface area contributed by atoms with Crippen LogP contribution in [0.3, 0.4) is 0 Å². The van der Waals surface area contributed by atoms with Gasteiger partial charge in [0.25, 0.3) is 0 Å². The van der Waals surface area contributed by atoms with Crippen molar-refractivity contribution < 1.29 is 4.74 Å². The third-order valence-electron chi connectivity index (χ3n) is 4.18. The van der Waals surface area contributed by atoms with Crippen molar-refractivity contribution in [3.8, 4) is 5.75 Å². The lowest BCUT2D eigenvalue weighted by atomic mass is 10.0. The summed E-state index contributed by atoms with van der Waals surface area (Å²) < 4.78 is 8.40. The molecule has 0 aliphatic carbocycles. The van der Waals surface area contributed by atoms with E-state index in [1.807, 2.05) is 23.7 Å². The Balaban J connectivity index is 1.79. The number of benzene rings is 2. The van der Waals surface area contributed by atoms with E-state index >= 15 is 0 Å². The Morgan fingerprint density at radius 3 is 2.48 bits per heavy atom. The number of nitrogens with zero attached hydrogens (tertiary/aromatic N) is 3. The Morgan fingerprint density at radius 1 is 1.08 bits per heavy atom. The number of allylic oxidation sites excluding steroid dienone is 1. The van der Waals surface area contributed by atoms with E-state index in [2.05, 4.69) is 80.5 Å². The molecule has 126 valence electrons. The van der Waals surface area contributed by atoms with E-state index in [-0.39, 0.29) is 6.04 Å². The summed E-state index contributed by atoms with van der Waals surface area (Å²) in [7, 11) is 1.67. The first kappa shape index (κ1) is 16.1. The number of methoxy groups -OCH3 is 1. The maximum atomic E-state index is 5.27. The van der Waals surface area contributed by atoms with Crippen LogP contribution in [-0.2, 0) is 0 Å². The van der Waals surface area contributed by atoms with Crippen molar-refractivity contribution >= 4 is 34.2 Å². The number of halogens is 1. The summed E-state index contributed by atoms with van der Waals surface area (Å²) in [5.74, 6) is 2.35. The van der Waals surface area contributed by atoms with Gasteiger partial charge in [-0.3, -0.25) is 0 Å². The van der Waals surface area contributed by atoms with E-state index in [4.69, 9.17) is 4.74 Å². The highest BCUT2D eigenvalue weighted by Crippen LogP contribution is 2.33. The van der Waals surface area contributed by atoms with Crippen LogP contribution in [-0.4, -0.2) is 21.9 Å². The van der Waals surface area contributed by atoms with E-state index in [1.54, 1.807) is 7.11 Å². The summed E-state index contributed by atoms with van der Waals surface area (Å²) in [5.41, 5.74) is 3.31. The number of hydrogen-bond donors (Lipinski definition) is 1. The first-order chi connectivity index (χ1) is 12.1. The summed E-state index contributed by atoms with van der Waals surface area (Å²) >= 11 is 2.31. The fourth-order valence-corrected chi connectivity index (χ4v) is 3.30. The first-order valence-corrected chi connectivity index (χ1v) is 9.04. The molecule has 0 radical (unpaired) electrons. The van der Waals surface area contributed by atoms with Gasteiger partial charge in [0.05, 0.1) is 7.11 Å². The number of rotatable bonds is 3. The highest BCUT2D eigenvalue weighted by Gasteiger charge is 2.24. The Kier molecular flexibility index (Phi) is 4.20. The lowest BCUT2D eigenvalue weighted by Gasteiger charge is -2.24. The van der Waals surface area contributed by atoms with E-state index in [1.165, 1.54) is 3.57 Å². The average molecular weight is 444 g/mol. The van der Waals surface area contributed by atoms with Crippen LogP contribution in [0.2, 0.25) is 0 Å². The quantitative estimate of drug-likeness (QED) is 0.614. The summed E-state index contributed by atoms with van der Waals surface area (Å²) in [5, 5.41) is 7.96. The number of hydrogen-bond acceptors (Lipinski definition) is 4. The molecule has 0 fully saturated rings. The molecule has 0 bridgehead atoms. The predicted molar refractivity (Wildman–Crippen MR) is 107 cm³/mol. The molecule has 25 heavy (non-hydrogen) atoms. The fraction of sp³-hybridized carbons (Fsp3) is 0.158. The molecule has 0 saturated carbocycles. The lowest BCUT2D eigenvalue weighted by Crippen LogP contribution is -2.20. The minimum atomic E-state index is -0.0161. The van der Waals surface area contributed by atoms with Crippen molar-refractivity contribution in [1.82, 2.24) is 14.8 Å². The molecular formula is C19H17IN4O. The van der Waals surface area contributed by atoms with E-state index in [0.29, 0.717) is 0 Å². The highest BCUT2D eigenvalue weighted by atomic mass is 127. The van der Waals surface area contributed by atoms with Crippen LogP contribution in [0.5, 0.6) is 5.75 Å². The standard InChI is InChI=1S/C19H17IN4O/c1-12-21-19-22-17(13-3-7-15(20)8-4-13)11-18(24(19)23-12)14-5-9-16(25-2)10-6-14/h3-11,18H,1-2H3,(H,21,22,23)/t18-/m1/s1. The maximum absolute atomic E-state index is 5.27. The topological polar surface area (TPSA) is 52.0 Å². The van der Waals surface area contributed by atoms with Gasteiger partial charge in [0.15, 0.2) is 0 Å². The Hall–Kier alpha value is -2.35. The summed E-state index contributed by atoms with van der Waals surface area (Å²) in [4.78, 5) is 4.53. The van der Waals surface area contributed by atoms with Gasteiger partial charge in [0.1, 0.15) is 17.6 Å². The molecule has 6 heteroatoms. The van der Waals surface area contributed by atoms with Gasteiger partial charge in [0.2, 0.25) is 5.95 Å². The molecule has 1 aromatic heterocycles. The normalized spacial score (nSPS) is 16.0. The lowest BCUT2D eigenvalue weighted by molar-refractivity contribution is 0.414. The molecule has 1 N–H and O–H groups in total. The maximum Gasteiger partial charge on any atom is 0.226 e. The summed E-state index contributed by atoms with van der Waals surface area (Å²) in [6, 6.07) is 16.5. The molecule has 2 heterocycles. The van der Waals surface area contributed by atoms with Gasteiger partial charge in [-0.25, -0.2) is 4.68 Å². The van der Waals surface area contributed by atoms with Crippen molar-refractivity contribution in [1.29, 1.82) is 0 Å². The molecule has 0 saturated heterocycles. The zero-order valence-electron chi connectivity index (χ0n) is 13.9. The van der Waals surface area contributed by atoms with Gasteiger partial charge < -0.3 is 10.1 Å². The molecular weight excluding hydrogens is 427 g/mol. The number of ether oxygens (including phenoxy) is 1. The molecule has 4 rings (SSSR count). The van der Waals surface area contributed by atoms with Crippen molar-refractivity contribution in [2.75, 3.05) is 12.4 Å². The third kappa shape index (κ3) is 3.13. The van der Waals surface area contributed by atoms with Crippen LogP contribution >= 0.6 is 22.6 Å². The Labute approximate surface area is 159 Å². The number of aryl methyl sites for hydroxylation is 1. The summed E-state index contributed by atoms with van der Waals surface area (Å²) in [6.07, 6.45) is 2.19. The van der Waals surface area contributed by atoms with Crippen LogP contribution < -0.4 is 10.1 Å². The first-order valence-electron chi connectivity index (χ1n) is 7.96. The van der Waals surface area contributed by atoms with Crippen molar-refractivity contribution in [2.45, 2.75) is 13.0 Å². The van der Waals surface area contributed by atoms with Crippen molar-refractivity contribution in [2.24, 2.45) is 0 Å². The van der Waals surface area contributed by atoms with Crippen LogP contribution in [0, 0.1) is 10.5 Å². The molecule has 0 amide bonds. The van der Waals surface area contributed by atoms with Gasteiger partial charge in [-0.05, 0) is 71.0 Å². The second-order valence-electron chi connectivity index (χ2n) is 5.86. The van der Waals surface area contributed by atoms with E-state index in [9.17, 15) is 0 Å². The van der Waals surface area contributed by atoms with Crippen molar-refractivity contribution in [3.63, 3.8) is 0 Å². The Morgan fingerprint density at radius 2 is 1.80 bits per heavy atom. The van der Waals surface area contributed by atoms with E-state index < -0.39 is 0 Å². The number of anilines is 1. The van der Waals surface area contributed by atoms with Gasteiger partial charge >= 0.3 is 0 Å². The molecule has 0 spiro atoms. The largest absolute Gasteiger partial charge is 0.497 e. The van der Waals surface area contributed by atoms with Crippen LogP contribution in [0.25, 0.3) is 5.70 Å². The molecule has 3 aromatic rings. The minimum absolute atomic E-state index is 0.0161. The minimum Gasteiger partial charge on any atom is -0.497 e. The predicted octanol–water partition coefficient (Wildman–Crippen LogP) is 4.26. The fourth-order valence-electron chi connectivity index (χ4n) is 2.94. The van der Waals surface area contributed by atoms with Gasteiger partial charge in [-0.2, -0.15) is 10.1 Å². The smallest absolute Gasteiger partial charge is 0.226 e. The number of aromatic nitrogens is 3. The summed E-state index contributed by atoms with van der Waals surface area (Å²) in [6.45, 7) is 1.91. The molecule has 1 atom stereocenters. The SMILES string of the molecule is COc1ccc([C@H]2C=C(c3ccc(I)cc3)Nc3nc(C)nn32)cc1. The Bertz CT molecular complexity index is 929. The number of nitrogens with one attached hydrogen (secondary N) is 1. The molecule has 0 unspecified atom stereocenters. The van der Waals surface area contributed by atoms with Gasteiger partial charge in [0, 0.05) is 9.27 Å². The van der Waals surface area contributed by atoms with E-state index in [0.717, 1.165) is 34.3 Å². The van der Waals surface area contributed by atoms with Crippen LogP contribution in [0.15, 0.2) is 54.6 Å². The second kappa shape index (κ2) is 6.51. The van der Waals surface area contributed by atoms with Crippen molar-refractivity contribution in [3.05, 3.63) is 75.1 Å². The monoisotopic (exact) mass is 444 g/mol. The molecule has 1 aliphatic rings. The van der Waals surface area contributed by atoms with Crippen LogP contribution in [0.4, 0.5) is 5.95 Å². The highest BCUT2D eigenvalue weighted by molar-refractivity contribution is 14.1. The molecule has 1 aliphatic heterocycles. The zero-order valence-corrected chi connectivity index (χ0v) is 16.1. The van der Waals surface area contributed by atoms with Crippen LogP contribution in [0.1, 0.15) is 23.0 Å². The molecule has 2 aromatic carbocycles. The third-order valence-corrected chi connectivity index (χ3v) is 4.90. The average Bonchev–Trinajstić information content (AvgIpc) is 3.01. The van der Waals surface area contributed by atoms with Gasteiger partial charge in [-0.15, -0.1) is 0 Å².